The summed E-state index contributed by atoms with van der Waals surface area (Å²) in [4.78, 5) is 26.5. The first-order valence-corrected chi connectivity index (χ1v) is 8.13. The third-order valence-electron chi connectivity index (χ3n) is 4.38. The fourth-order valence-corrected chi connectivity index (χ4v) is 3.11. The van der Waals surface area contributed by atoms with Crippen molar-refractivity contribution in [2.75, 3.05) is 13.1 Å². The number of para-hydroxylation sites is 1. The van der Waals surface area contributed by atoms with Crippen molar-refractivity contribution in [3.8, 4) is 0 Å². The van der Waals surface area contributed by atoms with Crippen molar-refractivity contribution in [1.82, 2.24) is 9.47 Å². The Morgan fingerprint density at radius 2 is 1.55 bits per heavy atom. The molecule has 1 aliphatic rings. The summed E-state index contributed by atoms with van der Waals surface area (Å²) in [7, 11) is 0. The van der Waals surface area contributed by atoms with Gasteiger partial charge in [0.2, 0.25) is 11.8 Å². The number of fused-ring (bicyclic) bond motifs is 1. The molecule has 0 saturated carbocycles. The van der Waals surface area contributed by atoms with Gasteiger partial charge in [0.05, 0.1) is 5.52 Å². The van der Waals surface area contributed by atoms with Crippen molar-refractivity contribution in [1.29, 1.82) is 0 Å². The summed E-state index contributed by atoms with van der Waals surface area (Å²) in [5.41, 5.74) is 0.912. The van der Waals surface area contributed by atoms with Crippen LogP contribution in [-0.4, -0.2) is 34.4 Å². The number of hydrogen-bond acceptors (Lipinski definition) is 2. The zero-order chi connectivity index (χ0) is 15.4. The number of amides is 1. The molecule has 3 rings (SSSR count). The SMILES string of the molecule is O=C(CCC(=O)n1ccc2ccccc21)N1CCCCCC1. The molecule has 4 heteroatoms. The fraction of sp³-hybridized carbons (Fsp3) is 0.444. The van der Waals surface area contributed by atoms with E-state index < -0.39 is 0 Å². The van der Waals surface area contributed by atoms with E-state index in [9.17, 15) is 9.59 Å². The van der Waals surface area contributed by atoms with Gasteiger partial charge in [0, 0.05) is 37.5 Å². The van der Waals surface area contributed by atoms with Gasteiger partial charge < -0.3 is 4.90 Å². The Morgan fingerprint density at radius 1 is 0.864 bits per heavy atom. The summed E-state index contributed by atoms with van der Waals surface area (Å²) < 4.78 is 1.66. The zero-order valence-corrected chi connectivity index (χ0v) is 12.8. The highest BCUT2D eigenvalue weighted by molar-refractivity contribution is 5.93. The van der Waals surface area contributed by atoms with Crippen LogP contribution in [0, 0.1) is 0 Å². The van der Waals surface area contributed by atoms with Crippen molar-refractivity contribution in [2.45, 2.75) is 38.5 Å². The van der Waals surface area contributed by atoms with E-state index in [1.165, 1.54) is 12.8 Å². The van der Waals surface area contributed by atoms with Gasteiger partial charge in [-0.25, -0.2) is 0 Å². The van der Waals surface area contributed by atoms with Crippen LogP contribution in [0.25, 0.3) is 10.9 Å². The number of carbonyl (C=O) groups is 2. The van der Waals surface area contributed by atoms with Crippen LogP contribution in [0.15, 0.2) is 36.5 Å². The Hall–Kier alpha value is -2.10. The summed E-state index contributed by atoms with van der Waals surface area (Å²) in [6.07, 6.45) is 6.96. The molecule has 116 valence electrons. The summed E-state index contributed by atoms with van der Waals surface area (Å²) in [6, 6.07) is 9.74. The molecule has 0 bridgehead atoms. The quantitative estimate of drug-likeness (QED) is 0.871. The fourth-order valence-electron chi connectivity index (χ4n) is 3.11. The smallest absolute Gasteiger partial charge is 0.231 e. The van der Waals surface area contributed by atoms with Gasteiger partial charge in [0.15, 0.2) is 0 Å². The highest BCUT2D eigenvalue weighted by Crippen LogP contribution is 2.16. The minimum absolute atomic E-state index is 0.00984. The van der Waals surface area contributed by atoms with Gasteiger partial charge in [-0.05, 0) is 25.0 Å². The lowest BCUT2D eigenvalue weighted by molar-refractivity contribution is -0.131. The van der Waals surface area contributed by atoms with E-state index in [2.05, 4.69) is 0 Å². The van der Waals surface area contributed by atoms with Gasteiger partial charge in [-0.1, -0.05) is 31.0 Å². The average Bonchev–Trinajstić information content (AvgIpc) is 2.78. The van der Waals surface area contributed by atoms with Crippen LogP contribution in [0.5, 0.6) is 0 Å². The minimum Gasteiger partial charge on any atom is -0.343 e. The third-order valence-corrected chi connectivity index (χ3v) is 4.38. The molecule has 0 atom stereocenters. The number of benzene rings is 1. The molecule has 1 aromatic heterocycles. The lowest BCUT2D eigenvalue weighted by Crippen LogP contribution is -2.32. The van der Waals surface area contributed by atoms with Crippen molar-refractivity contribution in [3.63, 3.8) is 0 Å². The molecule has 1 amide bonds. The highest BCUT2D eigenvalue weighted by Gasteiger charge is 2.17. The maximum Gasteiger partial charge on any atom is 0.231 e. The van der Waals surface area contributed by atoms with E-state index in [0.717, 1.165) is 36.8 Å². The molecule has 0 aliphatic carbocycles. The van der Waals surface area contributed by atoms with E-state index in [1.54, 1.807) is 10.8 Å². The topological polar surface area (TPSA) is 42.3 Å². The van der Waals surface area contributed by atoms with Gasteiger partial charge >= 0.3 is 0 Å². The normalized spacial score (nSPS) is 15.7. The van der Waals surface area contributed by atoms with Crippen LogP contribution in [0.4, 0.5) is 0 Å². The molecule has 1 saturated heterocycles. The van der Waals surface area contributed by atoms with Gasteiger partial charge in [0.25, 0.3) is 0 Å². The first-order chi connectivity index (χ1) is 10.8. The highest BCUT2D eigenvalue weighted by atomic mass is 16.2. The van der Waals surface area contributed by atoms with Crippen LogP contribution in [0.1, 0.15) is 43.3 Å². The molecule has 2 heterocycles. The van der Waals surface area contributed by atoms with Gasteiger partial charge in [-0.15, -0.1) is 0 Å². The van der Waals surface area contributed by atoms with E-state index in [-0.39, 0.29) is 18.2 Å². The number of rotatable bonds is 3. The van der Waals surface area contributed by atoms with E-state index in [4.69, 9.17) is 0 Å². The first kappa shape index (κ1) is 14.8. The van der Waals surface area contributed by atoms with Gasteiger partial charge in [0.1, 0.15) is 0 Å². The number of likely N-dealkylation sites (tertiary alicyclic amines) is 1. The summed E-state index contributed by atoms with van der Waals surface area (Å²) in [6.45, 7) is 1.69. The van der Waals surface area contributed by atoms with Crippen LogP contribution in [0.3, 0.4) is 0 Å². The predicted octanol–water partition coefficient (Wildman–Crippen LogP) is 3.46. The second-order valence-corrected chi connectivity index (χ2v) is 5.93. The van der Waals surface area contributed by atoms with Gasteiger partial charge in [-0.2, -0.15) is 0 Å². The molecule has 0 spiro atoms. The molecule has 22 heavy (non-hydrogen) atoms. The molecule has 1 aliphatic heterocycles. The predicted molar refractivity (Wildman–Crippen MR) is 86.8 cm³/mol. The molecule has 0 N–H and O–H groups in total. The van der Waals surface area contributed by atoms with Crippen LogP contribution >= 0.6 is 0 Å². The second kappa shape index (κ2) is 6.77. The van der Waals surface area contributed by atoms with Crippen molar-refractivity contribution >= 4 is 22.7 Å². The van der Waals surface area contributed by atoms with E-state index in [1.807, 2.05) is 35.2 Å². The Kier molecular flexibility index (Phi) is 4.56. The van der Waals surface area contributed by atoms with E-state index in [0.29, 0.717) is 6.42 Å². The van der Waals surface area contributed by atoms with Crippen LogP contribution < -0.4 is 0 Å². The first-order valence-electron chi connectivity index (χ1n) is 8.13. The maximum atomic E-state index is 12.4. The number of carbonyl (C=O) groups excluding carboxylic acids is 2. The van der Waals surface area contributed by atoms with Crippen molar-refractivity contribution in [3.05, 3.63) is 36.5 Å². The third kappa shape index (κ3) is 3.21. The molecular formula is C18H22N2O2. The number of nitrogens with zero attached hydrogens (tertiary/aromatic N) is 2. The summed E-state index contributed by atoms with van der Waals surface area (Å²) >= 11 is 0. The Morgan fingerprint density at radius 3 is 2.32 bits per heavy atom. The lowest BCUT2D eigenvalue weighted by Gasteiger charge is -2.20. The summed E-state index contributed by atoms with van der Waals surface area (Å²) in [5, 5.41) is 1.05. The maximum absolute atomic E-state index is 12.4. The summed E-state index contributed by atoms with van der Waals surface area (Å²) in [5.74, 6) is 0.107. The van der Waals surface area contributed by atoms with Crippen molar-refractivity contribution < 1.29 is 9.59 Å². The Labute approximate surface area is 130 Å². The number of hydrogen-bond donors (Lipinski definition) is 0. The molecular weight excluding hydrogens is 276 g/mol. The minimum atomic E-state index is -0.00984. The zero-order valence-electron chi connectivity index (χ0n) is 12.8. The molecule has 1 aromatic carbocycles. The monoisotopic (exact) mass is 298 g/mol. The molecule has 0 unspecified atom stereocenters. The van der Waals surface area contributed by atoms with E-state index >= 15 is 0 Å². The standard InChI is InChI=1S/C18H22N2O2/c21-17(19-12-5-1-2-6-13-19)9-10-18(22)20-14-11-15-7-3-4-8-16(15)20/h3-4,7-8,11,14H,1-2,5-6,9-10,12-13H2. The molecule has 0 radical (unpaired) electrons. The van der Waals surface area contributed by atoms with Crippen LogP contribution in [-0.2, 0) is 4.79 Å². The largest absolute Gasteiger partial charge is 0.343 e. The molecule has 4 nitrogen and oxygen atoms in total. The van der Waals surface area contributed by atoms with Crippen LogP contribution in [0.2, 0.25) is 0 Å². The Bertz CT molecular complexity index is 667. The number of aromatic nitrogens is 1. The van der Waals surface area contributed by atoms with Crippen molar-refractivity contribution in [2.24, 2.45) is 0 Å². The lowest BCUT2D eigenvalue weighted by atomic mass is 10.2. The van der Waals surface area contributed by atoms with Gasteiger partial charge in [-0.3, -0.25) is 14.2 Å². The molecule has 2 aromatic rings. The molecule has 1 fully saturated rings. The second-order valence-electron chi connectivity index (χ2n) is 5.93. The average molecular weight is 298 g/mol. The Balaban J connectivity index is 1.61.